The van der Waals surface area contributed by atoms with Gasteiger partial charge >= 0.3 is 17.6 Å². The average Bonchev–Trinajstić information content (AvgIpc) is 3.98. The molecule has 3 fully saturated rings. The minimum absolute atomic E-state index is 0.0244. The molecule has 344 valence electrons. The van der Waals surface area contributed by atoms with Crippen molar-refractivity contribution in [3.05, 3.63) is 117 Å². The highest BCUT2D eigenvalue weighted by atomic mass is 35.5. The summed E-state index contributed by atoms with van der Waals surface area (Å²) < 4.78 is 28.0. The molecule has 2 saturated heterocycles. The molecule has 0 radical (unpaired) electrons. The Morgan fingerprint density at radius 1 is 0.909 bits per heavy atom. The van der Waals surface area contributed by atoms with Gasteiger partial charge in [0.1, 0.15) is 28.2 Å². The van der Waals surface area contributed by atoms with Gasteiger partial charge in [-0.15, -0.1) is 0 Å². The highest BCUT2D eigenvalue weighted by Crippen LogP contribution is 2.70. The van der Waals surface area contributed by atoms with Crippen LogP contribution in [0.2, 0.25) is 5.02 Å². The number of hydrogen-bond donors (Lipinski definition) is 7. The fourth-order valence-electron chi connectivity index (χ4n) is 9.56. The van der Waals surface area contributed by atoms with E-state index in [1.54, 1.807) is 0 Å². The van der Waals surface area contributed by atoms with E-state index >= 15 is 0 Å². The molecule has 3 aliphatic carbocycles. The molecule has 1 saturated carbocycles. The number of halogens is 1. The van der Waals surface area contributed by atoms with Gasteiger partial charge in [-0.3, -0.25) is 24.0 Å². The summed E-state index contributed by atoms with van der Waals surface area (Å²) in [5.74, 6) is -7.43. The molecule has 3 heterocycles. The number of esters is 2. The van der Waals surface area contributed by atoms with Crippen LogP contribution >= 0.6 is 11.6 Å². The number of amides is 1. The number of hydrogen-bond acceptors (Lipinski definition) is 18. The number of benzene rings is 2. The van der Waals surface area contributed by atoms with Crippen molar-refractivity contribution in [1.82, 2.24) is 0 Å². The third-order valence-electron chi connectivity index (χ3n) is 12.4. The van der Waals surface area contributed by atoms with Crippen LogP contribution in [0.4, 0.5) is 5.69 Å². The van der Waals surface area contributed by atoms with E-state index in [2.05, 4.69) is 5.32 Å². The number of fused-ring (bicyclic) bond motifs is 3. The van der Waals surface area contributed by atoms with Crippen molar-refractivity contribution < 1.29 is 82.8 Å². The first-order valence-corrected chi connectivity index (χ1v) is 20.7. The zero-order chi connectivity index (χ0) is 47.8. The maximum Gasteiger partial charge on any atom is 0.364 e. The molecule has 2 aromatic carbocycles. The smallest absolute Gasteiger partial charge is 0.364 e. The summed E-state index contributed by atoms with van der Waals surface area (Å²) in [6, 6.07) is 4.84. The summed E-state index contributed by atoms with van der Waals surface area (Å²) in [5, 5.41) is 68.7. The van der Waals surface area contributed by atoms with E-state index in [1.807, 2.05) is 0 Å². The van der Waals surface area contributed by atoms with Gasteiger partial charge < -0.3 is 59.3 Å². The lowest BCUT2D eigenvalue weighted by atomic mass is 9.50. The number of nitrogens with one attached hydrogen (secondary N) is 1. The number of carbonyl (C=O) groups excluding carboxylic acids is 6. The molecule has 0 bridgehead atoms. The molecule has 5 aliphatic rings. The number of phenols is 2. The molecular weight excluding hydrogens is 890 g/mol. The van der Waals surface area contributed by atoms with Gasteiger partial charge in [0.05, 0.1) is 29.3 Å². The van der Waals surface area contributed by atoms with Crippen molar-refractivity contribution in [3.63, 3.8) is 0 Å². The quantitative estimate of drug-likeness (QED) is 0.0533. The molecule has 1 amide bonds. The summed E-state index contributed by atoms with van der Waals surface area (Å²) in [5.41, 5.74) is -13.1. The number of aliphatic hydroxyl groups is 3. The molecule has 19 nitrogen and oxygen atoms in total. The van der Waals surface area contributed by atoms with Crippen molar-refractivity contribution >= 4 is 63.5 Å². The van der Waals surface area contributed by atoms with E-state index in [1.165, 1.54) is 68.5 Å². The zero-order valence-electron chi connectivity index (χ0n) is 35.0. The lowest BCUT2D eigenvalue weighted by Gasteiger charge is -2.53. The van der Waals surface area contributed by atoms with E-state index in [-0.39, 0.29) is 40.1 Å². The third kappa shape index (κ3) is 6.80. The predicted octanol–water partition coefficient (Wildman–Crippen LogP) is 3.15. The van der Waals surface area contributed by atoms with Crippen LogP contribution < -0.4 is 10.9 Å². The number of phenolic OH excluding ortho intramolecular Hbond substituents is 2. The summed E-state index contributed by atoms with van der Waals surface area (Å²) >= 11 is 5.93. The monoisotopic (exact) mass is 929 g/mol. The van der Waals surface area contributed by atoms with Crippen molar-refractivity contribution in [2.45, 2.75) is 93.0 Å². The SMILES string of the molecule is CC(=O)O[C@@H]1[C@@H](C)O[C@@H](c2ccc3c(c2O)C(=O)C24OC2(C3=O)C2(O)C(=O)C=C(C)CC2(O)CC4O)C[C@H]1OC(=O)/C=C/C=C/C=C/C=C/C(=O)Nc1c(O)c2ccc(O)c(Cl)c2oc1=O. The van der Waals surface area contributed by atoms with Crippen molar-refractivity contribution in [3.8, 4) is 17.2 Å². The Morgan fingerprint density at radius 3 is 2.29 bits per heavy atom. The molecule has 7 N–H and O–H groups in total. The first kappa shape index (κ1) is 45.8. The molecule has 8 rings (SSSR count). The number of aromatic hydroxyl groups is 3. The van der Waals surface area contributed by atoms with Crippen LogP contribution in [0.15, 0.2) is 93.7 Å². The number of aliphatic hydroxyl groups excluding tert-OH is 1. The fraction of sp³-hybridized carbons (Fsp3) is 0.326. The Labute approximate surface area is 377 Å². The van der Waals surface area contributed by atoms with Crippen molar-refractivity contribution in [1.29, 1.82) is 0 Å². The Bertz CT molecular complexity index is 2890. The highest BCUT2D eigenvalue weighted by molar-refractivity contribution is 6.36. The topological polar surface area (TPSA) is 306 Å². The van der Waals surface area contributed by atoms with Crippen molar-refractivity contribution in [2.75, 3.05) is 5.32 Å². The number of ketones is 3. The van der Waals surface area contributed by atoms with E-state index in [4.69, 9.17) is 35.0 Å². The molecule has 9 atom stereocenters. The van der Waals surface area contributed by atoms with Gasteiger partial charge in [0.2, 0.25) is 23.1 Å². The second-order valence-electron chi connectivity index (χ2n) is 16.6. The van der Waals surface area contributed by atoms with Crippen LogP contribution in [0.25, 0.3) is 11.0 Å². The van der Waals surface area contributed by atoms with Crippen LogP contribution in [0.5, 0.6) is 17.2 Å². The van der Waals surface area contributed by atoms with Gasteiger partial charge in [0.25, 0.3) is 0 Å². The molecule has 3 aromatic rings. The molecule has 5 unspecified atom stereocenters. The van der Waals surface area contributed by atoms with Gasteiger partial charge in [0, 0.05) is 49.5 Å². The minimum Gasteiger partial charge on any atom is -0.507 e. The van der Waals surface area contributed by atoms with E-state index < -0.39 is 128 Å². The van der Waals surface area contributed by atoms with Crippen LogP contribution in [0.1, 0.15) is 72.4 Å². The zero-order valence-corrected chi connectivity index (χ0v) is 35.7. The standard InChI is InChI=1S/C46H40ClNO18/c1-20-16-29(51)45(61)43(60,18-20)19-30(52)44-41(58)33-24(40(57)46(44,45)66-44)13-12-23(36(33)55)27-17-28(38(21(2)62-27)63-22(3)49)64-32(54)11-9-7-5-4-6-8-10-31(53)48-35-37(56)25-14-15-26(50)34(47)39(25)65-42(35)59/h4-16,21,27-28,30,38,50,52,55-56,60-61H,17-19H2,1-3H3,(H,48,53)/b6-4+,7-5+,10-8+,11-9+/t21-,27-,28-,30?,38-,43?,44?,45?,46?/m1/s1. The van der Waals surface area contributed by atoms with Gasteiger partial charge in [0.15, 0.2) is 40.1 Å². The number of allylic oxidation sites excluding steroid dienone is 6. The minimum atomic E-state index is -2.94. The lowest BCUT2D eigenvalue weighted by Crippen LogP contribution is -2.79. The Morgan fingerprint density at radius 2 is 1.59 bits per heavy atom. The summed E-state index contributed by atoms with van der Waals surface area (Å²) in [7, 11) is 0. The van der Waals surface area contributed by atoms with Crippen LogP contribution in [0.3, 0.4) is 0 Å². The average molecular weight is 930 g/mol. The van der Waals surface area contributed by atoms with Gasteiger partial charge in [-0.25, -0.2) is 9.59 Å². The first-order valence-electron chi connectivity index (χ1n) is 20.3. The van der Waals surface area contributed by atoms with Crippen LogP contribution in [0, 0.1) is 0 Å². The number of rotatable bonds is 9. The number of ether oxygens (including phenoxy) is 4. The molecule has 66 heavy (non-hydrogen) atoms. The predicted molar refractivity (Wildman–Crippen MR) is 227 cm³/mol. The fourth-order valence-corrected chi connectivity index (χ4v) is 9.77. The lowest BCUT2D eigenvalue weighted by molar-refractivity contribution is -0.203. The molecule has 2 aliphatic heterocycles. The van der Waals surface area contributed by atoms with Crippen LogP contribution in [-0.4, -0.2) is 113 Å². The van der Waals surface area contributed by atoms with E-state index in [9.17, 15) is 64.2 Å². The maximum atomic E-state index is 14.4. The van der Waals surface area contributed by atoms with Crippen LogP contribution in [-0.2, 0) is 38.1 Å². The molecule has 1 aromatic heterocycles. The summed E-state index contributed by atoms with van der Waals surface area (Å²) in [6.07, 6.45) is 4.10. The van der Waals surface area contributed by atoms with Crippen molar-refractivity contribution in [2.24, 2.45) is 0 Å². The Kier molecular flexibility index (Phi) is 11.3. The molecular formula is C46H40ClNO18. The second-order valence-corrected chi connectivity index (χ2v) is 17.0. The van der Waals surface area contributed by atoms with Gasteiger partial charge in [-0.2, -0.15) is 0 Å². The Balaban J connectivity index is 0.944. The van der Waals surface area contributed by atoms with Gasteiger partial charge in [-0.1, -0.05) is 59.7 Å². The third-order valence-corrected chi connectivity index (χ3v) is 12.8. The van der Waals surface area contributed by atoms with E-state index in [0.717, 1.165) is 31.2 Å². The Hall–Kier alpha value is -6.74. The number of anilines is 1. The first-order chi connectivity index (χ1) is 31.1. The highest BCUT2D eigenvalue weighted by Gasteiger charge is 2.97. The number of Topliss-reactive ketones (excluding diaryl/α,β-unsaturated/α-hetero) is 2. The largest absolute Gasteiger partial charge is 0.507 e. The summed E-state index contributed by atoms with van der Waals surface area (Å²) in [4.78, 5) is 92.0. The van der Waals surface area contributed by atoms with Gasteiger partial charge in [-0.05, 0) is 38.1 Å². The molecule has 20 heteroatoms. The second kappa shape index (κ2) is 16.3. The normalized spacial score (nSPS) is 31.4. The number of carbonyl (C=O) groups is 6. The van der Waals surface area contributed by atoms with E-state index in [0.29, 0.717) is 5.57 Å². The summed E-state index contributed by atoms with van der Waals surface area (Å²) in [6.45, 7) is 4.18. The maximum absolute atomic E-state index is 14.4. The molecule has 0 spiro atoms. The number of epoxide rings is 1.